The van der Waals surface area contributed by atoms with Gasteiger partial charge in [-0.2, -0.15) is 0 Å². The maximum atomic E-state index is 10.5. The minimum absolute atomic E-state index is 0.0337. The largest absolute Gasteiger partial charge is 0.529 e. The molecule has 3 nitrogen and oxygen atoms in total. The van der Waals surface area contributed by atoms with Crippen LogP contribution in [-0.2, 0) is 9.22 Å². The van der Waals surface area contributed by atoms with Gasteiger partial charge in [0.25, 0.3) is 5.97 Å². The van der Waals surface area contributed by atoms with Gasteiger partial charge in [-0.25, -0.2) is 0 Å². The molecule has 0 spiro atoms. The Balaban J connectivity index is 3.34. The molecule has 1 N–H and O–H groups in total. The van der Waals surface area contributed by atoms with E-state index in [9.17, 15) is 4.79 Å². The van der Waals surface area contributed by atoms with Crippen molar-refractivity contribution in [2.45, 2.75) is 13.3 Å². The van der Waals surface area contributed by atoms with Crippen molar-refractivity contribution >= 4 is 16.5 Å². The van der Waals surface area contributed by atoms with Gasteiger partial charge < -0.3 is 9.53 Å². The Kier molecular flexibility index (Phi) is 4.34. The van der Waals surface area contributed by atoms with Crippen molar-refractivity contribution in [1.29, 1.82) is 0 Å². The average Bonchev–Trinajstić information content (AvgIpc) is 1.87. The van der Waals surface area contributed by atoms with Crippen molar-refractivity contribution in [2.75, 3.05) is 6.61 Å². The summed E-state index contributed by atoms with van der Waals surface area (Å²) in [7, 11) is 0.450. The van der Waals surface area contributed by atoms with Gasteiger partial charge in [-0.1, -0.05) is 6.92 Å². The third-order valence-corrected chi connectivity index (χ3v) is 1.51. The second-order valence-corrected chi connectivity index (χ2v) is 2.48. The predicted molar refractivity (Wildman–Crippen MR) is 36.9 cm³/mol. The summed E-state index contributed by atoms with van der Waals surface area (Å²) in [5.74, 6) is -0.172. The number of aliphatic hydroxyl groups is 1. The lowest BCUT2D eigenvalue weighted by molar-refractivity contribution is -0.135. The van der Waals surface area contributed by atoms with E-state index in [1.54, 1.807) is 6.92 Å². The van der Waals surface area contributed by atoms with Crippen LogP contribution in [-0.4, -0.2) is 28.2 Å². The van der Waals surface area contributed by atoms with E-state index in [1.807, 2.05) is 0 Å². The Bertz CT molecular complexity index is 94.2. The first-order valence-corrected chi connectivity index (χ1v) is 3.70. The molecule has 0 aromatic carbocycles. The zero-order chi connectivity index (χ0) is 7.28. The van der Waals surface area contributed by atoms with Crippen molar-refractivity contribution in [3.05, 3.63) is 0 Å². The lowest BCUT2D eigenvalue weighted by atomic mass is 10.1. The van der Waals surface area contributed by atoms with E-state index in [2.05, 4.69) is 4.43 Å². The third-order valence-electron chi connectivity index (χ3n) is 1.05. The molecule has 0 saturated heterocycles. The average molecular weight is 148 g/mol. The molecule has 54 valence electrons. The van der Waals surface area contributed by atoms with Gasteiger partial charge >= 0.3 is 0 Å². The summed E-state index contributed by atoms with van der Waals surface area (Å²) >= 11 is 0. The number of aliphatic hydroxyl groups excluding tert-OH is 1. The normalized spacial score (nSPS) is 13.1. The molecule has 0 aliphatic rings. The molecule has 9 heavy (non-hydrogen) atoms. The van der Waals surface area contributed by atoms with Crippen LogP contribution in [0.1, 0.15) is 13.3 Å². The number of hydrogen-bond donors (Lipinski definition) is 1. The molecule has 0 aromatic rings. The van der Waals surface area contributed by atoms with Gasteiger partial charge in [-0.3, -0.25) is 4.79 Å². The van der Waals surface area contributed by atoms with Crippen molar-refractivity contribution < 1.29 is 14.3 Å². The molecule has 0 aliphatic carbocycles. The molecule has 0 radical (unpaired) electrons. The molecule has 1 atom stereocenters. The Morgan fingerprint density at radius 2 is 2.44 bits per heavy atom. The highest BCUT2D eigenvalue weighted by atomic mass is 28.2. The van der Waals surface area contributed by atoms with Crippen LogP contribution in [0.15, 0.2) is 0 Å². The minimum atomic E-state index is -0.205. The van der Waals surface area contributed by atoms with Gasteiger partial charge in [0.05, 0.1) is 0 Å². The summed E-state index contributed by atoms with van der Waals surface area (Å²) in [6.07, 6.45) is 0.333. The highest BCUT2D eigenvalue weighted by molar-refractivity contribution is 6.05. The van der Waals surface area contributed by atoms with E-state index < -0.39 is 0 Å². The van der Waals surface area contributed by atoms with Crippen molar-refractivity contribution in [2.24, 2.45) is 5.92 Å². The first-order valence-electron chi connectivity index (χ1n) is 2.88. The van der Waals surface area contributed by atoms with Crippen LogP contribution in [0.5, 0.6) is 0 Å². The lowest BCUT2D eigenvalue weighted by Crippen LogP contribution is -2.10. The van der Waals surface area contributed by atoms with Gasteiger partial charge in [0.15, 0.2) is 0 Å². The summed E-state index contributed by atoms with van der Waals surface area (Å²) in [6.45, 7) is 1.86. The maximum Gasteiger partial charge on any atom is 0.292 e. The molecule has 0 fully saturated rings. The molecule has 0 saturated carbocycles. The Labute approximate surface area is 57.6 Å². The van der Waals surface area contributed by atoms with Gasteiger partial charge in [-0.05, 0) is 5.92 Å². The molecule has 4 heteroatoms. The molecular weight excluding hydrogens is 136 g/mol. The fraction of sp³-hybridized carbons (Fsp3) is 0.800. The highest BCUT2D eigenvalue weighted by Gasteiger charge is 2.05. The summed E-state index contributed by atoms with van der Waals surface area (Å²) in [4.78, 5) is 10.5. The van der Waals surface area contributed by atoms with Crippen molar-refractivity contribution in [3.63, 3.8) is 0 Å². The second-order valence-electron chi connectivity index (χ2n) is 2.07. The van der Waals surface area contributed by atoms with Crippen LogP contribution in [0, 0.1) is 5.92 Å². The molecule has 0 amide bonds. The van der Waals surface area contributed by atoms with E-state index in [4.69, 9.17) is 5.11 Å². The number of hydrogen-bond acceptors (Lipinski definition) is 3. The SMILES string of the molecule is CC(CO)CC(=O)O[SiH3]. The lowest BCUT2D eigenvalue weighted by Gasteiger charge is -2.04. The zero-order valence-corrected chi connectivity index (χ0v) is 7.76. The number of rotatable bonds is 3. The first-order chi connectivity index (χ1) is 4.20. The highest BCUT2D eigenvalue weighted by Crippen LogP contribution is 1.99. The summed E-state index contributed by atoms with van der Waals surface area (Å²) < 4.78 is 4.51. The van der Waals surface area contributed by atoms with Crippen molar-refractivity contribution in [1.82, 2.24) is 0 Å². The van der Waals surface area contributed by atoms with Crippen molar-refractivity contribution in [3.8, 4) is 0 Å². The van der Waals surface area contributed by atoms with E-state index in [0.717, 1.165) is 0 Å². The molecule has 0 aromatic heterocycles. The first kappa shape index (κ1) is 8.65. The molecule has 0 rings (SSSR count). The van der Waals surface area contributed by atoms with Crippen LogP contribution in [0.4, 0.5) is 0 Å². The zero-order valence-electron chi connectivity index (χ0n) is 5.76. The number of carbonyl (C=O) groups is 1. The molecule has 1 unspecified atom stereocenters. The van der Waals surface area contributed by atoms with Crippen LogP contribution in [0.3, 0.4) is 0 Å². The van der Waals surface area contributed by atoms with Gasteiger partial charge in [0, 0.05) is 13.0 Å². The Morgan fingerprint density at radius 3 is 2.78 bits per heavy atom. The summed E-state index contributed by atoms with van der Waals surface area (Å²) in [6, 6.07) is 0. The van der Waals surface area contributed by atoms with Gasteiger partial charge in [-0.15, -0.1) is 0 Å². The molecule has 0 aliphatic heterocycles. The Hall–Kier alpha value is -0.353. The topological polar surface area (TPSA) is 46.5 Å². The fourth-order valence-electron chi connectivity index (χ4n) is 0.432. The predicted octanol–water partition coefficient (Wildman–Crippen LogP) is -1.17. The van der Waals surface area contributed by atoms with Crippen LogP contribution < -0.4 is 0 Å². The molecular formula is C5H12O3Si. The quantitative estimate of drug-likeness (QED) is 0.513. The number of carbonyl (C=O) groups excluding carboxylic acids is 1. The third kappa shape index (κ3) is 4.17. The fourth-order valence-corrected chi connectivity index (χ4v) is 0.599. The molecule has 0 bridgehead atoms. The standard InChI is InChI=1S/C5H12O3Si/c1-4(3-6)2-5(7)8-9/h4,6H,2-3H2,1,9H3. The van der Waals surface area contributed by atoms with E-state index in [1.165, 1.54) is 0 Å². The summed E-state index contributed by atoms with van der Waals surface area (Å²) in [5, 5.41) is 8.48. The minimum Gasteiger partial charge on any atom is -0.529 e. The summed E-state index contributed by atoms with van der Waals surface area (Å²) in [5.41, 5.74) is 0. The maximum absolute atomic E-state index is 10.5. The van der Waals surface area contributed by atoms with Crippen LogP contribution in [0.25, 0.3) is 0 Å². The second kappa shape index (κ2) is 4.52. The molecule has 0 heterocycles. The van der Waals surface area contributed by atoms with Crippen LogP contribution >= 0.6 is 0 Å². The van der Waals surface area contributed by atoms with E-state index >= 15 is 0 Å². The monoisotopic (exact) mass is 148 g/mol. The Morgan fingerprint density at radius 1 is 1.89 bits per heavy atom. The van der Waals surface area contributed by atoms with Gasteiger partial charge in [0.1, 0.15) is 0 Å². The smallest absolute Gasteiger partial charge is 0.292 e. The van der Waals surface area contributed by atoms with Gasteiger partial charge in [0.2, 0.25) is 10.5 Å². The van der Waals surface area contributed by atoms with Crippen LogP contribution in [0.2, 0.25) is 0 Å². The van der Waals surface area contributed by atoms with E-state index in [0.29, 0.717) is 16.9 Å². The van der Waals surface area contributed by atoms with E-state index in [-0.39, 0.29) is 18.5 Å².